The fraction of sp³-hybridized carbons (Fsp3) is 0.250. The first kappa shape index (κ1) is 23.7. The first-order valence-electron chi connectivity index (χ1n) is 11.2. The van der Waals surface area contributed by atoms with E-state index in [0.717, 1.165) is 11.2 Å². The van der Waals surface area contributed by atoms with Crippen molar-refractivity contribution in [1.29, 1.82) is 0 Å². The number of pyridine rings is 1. The third-order valence-electron chi connectivity index (χ3n) is 5.76. The fourth-order valence-electron chi connectivity index (χ4n) is 3.87. The van der Waals surface area contributed by atoms with Crippen molar-refractivity contribution in [3.05, 3.63) is 76.2 Å². The maximum absolute atomic E-state index is 13.9. The smallest absolute Gasteiger partial charge is 0.274 e. The van der Waals surface area contributed by atoms with Crippen molar-refractivity contribution >= 4 is 39.4 Å². The van der Waals surface area contributed by atoms with E-state index in [4.69, 9.17) is 0 Å². The standard InChI is InChI=1S/C24H21F2N7O2S/c1-12(14-7-15(25)9-27-8-14)28-24-31-19(20-21(32-24)29-13(2)36-20)23(35)33-10-16(11-33)30-22(34)17-5-3-4-6-18(17)26/h3-9,12,16H,10-11H2,1-2H3,(H,30,34)(H,28,31,32)/t12-/m0/s1. The molecule has 4 aromatic rings. The summed E-state index contributed by atoms with van der Waals surface area (Å²) < 4.78 is 28.0. The van der Waals surface area contributed by atoms with Crippen molar-refractivity contribution in [2.45, 2.75) is 25.9 Å². The number of hydrogen-bond donors (Lipinski definition) is 2. The second-order valence-electron chi connectivity index (χ2n) is 8.44. The van der Waals surface area contributed by atoms with E-state index in [1.807, 2.05) is 6.92 Å². The van der Waals surface area contributed by atoms with Crippen LogP contribution in [0.25, 0.3) is 10.3 Å². The monoisotopic (exact) mass is 509 g/mol. The lowest BCUT2D eigenvalue weighted by molar-refractivity contribution is 0.0538. The normalized spacial score (nSPS) is 14.4. The minimum atomic E-state index is -0.602. The molecule has 5 rings (SSSR count). The molecule has 2 N–H and O–H groups in total. The maximum atomic E-state index is 13.9. The summed E-state index contributed by atoms with van der Waals surface area (Å²) in [6.07, 6.45) is 2.65. The largest absolute Gasteiger partial charge is 0.348 e. The number of aromatic nitrogens is 4. The van der Waals surface area contributed by atoms with Gasteiger partial charge in [0.15, 0.2) is 11.3 Å². The van der Waals surface area contributed by atoms with E-state index in [9.17, 15) is 18.4 Å². The number of hydrogen-bond acceptors (Lipinski definition) is 8. The molecule has 3 aromatic heterocycles. The van der Waals surface area contributed by atoms with Gasteiger partial charge in [0.1, 0.15) is 16.3 Å². The number of nitrogens with one attached hydrogen (secondary N) is 2. The predicted molar refractivity (Wildman–Crippen MR) is 130 cm³/mol. The summed E-state index contributed by atoms with van der Waals surface area (Å²) in [4.78, 5) is 44.4. The van der Waals surface area contributed by atoms with Crippen molar-refractivity contribution < 1.29 is 18.4 Å². The summed E-state index contributed by atoms with van der Waals surface area (Å²) in [5, 5.41) is 6.56. The van der Waals surface area contributed by atoms with E-state index in [0.29, 0.717) is 15.9 Å². The van der Waals surface area contributed by atoms with Gasteiger partial charge in [0.05, 0.1) is 28.9 Å². The molecule has 1 aliphatic rings. The Bertz CT molecular complexity index is 1470. The lowest BCUT2D eigenvalue weighted by atomic mass is 10.1. The molecule has 1 saturated heterocycles. The van der Waals surface area contributed by atoms with Gasteiger partial charge in [-0.15, -0.1) is 11.3 Å². The highest BCUT2D eigenvalue weighted by Crippen LogP contribution is 2.28. The van der Waals surface area contributed by atoms with Crippen molar-refractivity contribution in [2.75, 3.05) is 18.4 Å². The summed E-state index contributed by atoms with van der Waals surface area (Å²) in [5.41, 5.74) is 1.12. The molecular weight excluding hydrogens is 488 g/mol. The van der Waals surface area contributed by atoms with E-state index in [1.165, 1.54) is 41.8 Å². The molecule has 1 fully saturated rings. The molecule has 0 radical (unpaired) electrons. The number of aryl methyl sites for hydroxylation is 1. The minimum absolute atomic E-state index is 0.0433. The van der Waals surface area contributed by atoms with Crippen LogP contribution in [0.3, 0.4) is 0 Å². The molecule has 4 heterocycles. The number of fused-ring (bicyclic) bond motifs is 1. The van der Waals surface area contributed by atoms with Gasteiger partial charge < -0.3 is 15.5 Å². The molecule has 0 bridgehead atoms. The molecule has 0 unspecified atom stereocenters. The number of anilines is 1. The molecule has 1 aromatic carbocycles. The molecule has 36 heavy (non-hydrogen) atoms. The number of halogens is 2. The van der Waals surface area contributed by atoms with E-state index in [2.05, 4.69) is 30.6 Å². The molecule has 0 spiro atoms. The topological polar surface area (TPSA) is 113 Å². The number of likely N-dealkylation sites (tertiary alicyclic amines) is 1. The zero-order valence-electron chi connectivity index (χ0n) is 19.3. The van der Waals surface area contributed by atoms with Gasteiger partial charge in [0.2, 0.25) is 5.95 Å². The maximum Gasteiger partial charge on any atom is 0.274 e. The molecule has 2 amide bonds. The summed E-state index contributed by atoms with van der Waals surface area (Å²) in [7, 11) is 0. The minimum Gasteiger partial charge on any atom is -0.348 e. The third-order valence-corrected chi connectivity index (χ3v) is 6.72. The number of nitrogens with zero attached hydrogens (tertiary/aromatic N) is 5. The Labute approximate surface area is 208 Å². The molecule has 184 valence electrons. The number of carbonyl (C=O) groups is 2. The number of rotatable bonds is 6. The Morgan fingerprint density at radius 1 is 1.14 bits per heavy atom. The van der Waals surface area contributed by atoms with Crippen molar-refractivity contribution in [3.8, 4) is 0 Å². The van der Waals surface area contributed by atoms with E-state index >= 15 is 0 Å². The van der Waals surface area contributed by atoms with Crippen molar-refractivity contribution in [2.24, 2.45) is 0 Å². The Hall–Kier alpha value is -4.06. The molecule has 9 nitrogen and oxygen atoms in total. The number of thiazole rings is 1. The predicted octanol–water partition coefficient (Wildman–Crippen LogP) is 3.50. The molecular formula is C24H21F2N7O2S. The number of carbonyl (C=O) groups excluding carboxylic acids is 2. The SMILES string of the molecule is Cc1nc2nc(N[C@@H](C)c3cncc(F)c3)nc(C(=O)N3CC(NC(=O)c4ccccc4F)C3)c2s1. The average molecular weight is 510 g/mol. The summed E-state index contributed by atoms with van der Waals surface area (Å²) in [6, 6.07) is 6.40. The Morgan fingerprint density at radius 2 is 1.92 bits per heavy atom. The molecule has 0 saturated carbocycles. The quantitative estimate of drug-likeness (QED) is 0.409. The van der Waals surface area contributed by atoms with Gasteiger partial charge in [-0.1, -0.05) is 12.1 Å². The van der Waals surface area contributed by atoms with Gasteiger partial charge in [-0.2, -0.15) is 4.98 Å². The average Bonchev–Trinajstić information content (AvgIpc) is 3.20. The Kier molecular flexibility index (Phi) is 6.27. The van der Waals surface area contributed by atoms with Gasteiger partial charge in [0.25, 0.3) is 11.8 Å². The highest BCUT2D eigenvalue weighted by molar-refractivity contribution is 7.18. The molecule has 1 atom stereocenters. The third kappa shape index (κ3) is 4.71. The molecule has 12 heteroatoms. The summed E-state index contributed by atoms with van der Waals surface area (Å²) in [6.45, 7) is 4.13. The number of benzene rings is 1. The van der Waals surface area contributed by atoms with Crippen molar-refractivity contribution in [1.82, 2.24) is 30.2 Å². The van der Waals surface area contributed by atoms with Gasteiger partial charge in [0, 0.05) is 19.3 Å². The summed E-state index contributed by atoms with van der Waals surface area (Å²) in [5.74, 6) is -1.74. The van der Waals surface area contributed by atoms with E-state index < -0.39 is 17.5 Å². The highest BCUT2D eigenvalue weighted by Gasteiger charge is 2.35. The van der Waals surface area contributed by atoms with Crippen LogP contribution in [-0.2, 0) is 0 Å². The van der Waals surface area contributed by atoms with Crippen LogP contribution in [0.1, 0.15) is 44.4 Å². The van der Waals surface area contributed by atoms with Gasteiger partial charge >= 0.3 is 0 Å². The van der Waals surface area contributed by atoms with Crippen LogP contribution in [0.2, 0.25) is 0 Å². The fourth-order valence-corrected chi connectivity index (χ4v) is 4.71. The zero-order chi connectivity index (χ0) is 25.4. The van der Waals surface area contributed by atoms with Crippen LogP contribution in [-0.4, -0.2) is 55.8 Å². The first-order chi connectivity index (χ1) is 17.3. The Balaban J connectivity index is 1.32. The van der Waals surface area contributed by atoms with Crippen LogP contribution in [0.4, 0.5) is 14.7 Å². The van der Waals surface area contributed by atoms with Crippen LogP contribution >= 0.6 is 11.3 Å². The van der Waals surface area contributed by atoms with Crippen LogP contribution in [0.15, 0.2) is 42.7 Å². The van der Waals surface area contributed by atoms with Crippen LogP contribution < -0.4 is 10.6 Å². The van der Waals surface area contributed by atoms with E-state index in [1.54, 1.807) is 17.9 Å². The van der Waals surface area contributed by atoms with Gasteiger partial charge in [-0.05, 0) is 37.6 Å². The summed E-state index contributed by atoms with van der Waals surface area (Å²) >= 11 is 1.31. The second kappa shape index (κ2) is 9.53. The second-order valence-corrected chi connectivity index (χ2v) is 9.65. The van der Waals surface area contributed by atoms with Crippen molar-refractivity contribution in [3.63, 3.8) is 0 Å². The lowest BCUT2D eigenvalue weighted by Crippen LogP contribution is -2.61. The lowest BCUT2D eigenvalue weighted by Gasteiger charge is -2.39. The highest BCUT2D eigenvalue weighted by atomic mass is 32.1. The van der Waals surface area contributed by atoms with E-state index in [-0.39, 0.29) is 48.3 Å². The van der Waals surface area contributed by atoms with Gasteiger partial charge in [-0.25, -0.2) is 18.7 Å². The van der Waals surface area contributed by atoms with Crippen LogP contribution in [0.5, 0.6) is 0 Å². The Morgan fingerprint density at radius 3 is 2.67 bits per heavy atom. The van der Waals surface area contributed by atoms with Crippen LogP contribution in [0, 0.1) is 18.6 Å². The zero-order valence-corrected chi connectivity index (χ0v) is 20.1. The first-order valence-corrected chi connectivity index (χ1v) is 12.0. The van der Waals surface area contributed by atoms with Gasteiger partial charge in [-0.3, -0.25) is 14.6 Å². The molecule has 0 aliphatic carbocycles. The number of amides is 2. The molecule has 1 aliphatic heterocycles.